The zero-order valence-electron chi connectivity index (χ0n) is 23.9. The number of alkyl carbamates (subject to hydrolysis) is 1. The zero-order chi connectivity index (χ0) is 30.0. The van der Waals surface area contributed by atoms with Crippen molar-refractivity contribution in [3.8, 4) is 11.3 Å². The van der Waals surface area contributed by atoms with Crippen LogP contribution < -0.4 is 15.6 Å². The smallest absolute Gasteiger partial charge is 0.409 e. The van der Waals surface area contributed by atoms with Crippen molar-refractivity contribution in [2.75, 3.05) is 11.8 Å². The normalized spacial score (nSPS) is 12.0. The van der Waals surface area contributed by atoms with Gasteiger partial charge in [-0.1, -0.05) is 24.3 Å². The minimum atomic E-state index is -4.25. The molecule has 0 bridgehead atoms. The maximum Gasteiger partial charge on any atom is 0.409 e. The topological polar surface area (TPSA) is 151 Å². The highest BCUT2D eigenvalue weighted by Gasteiger charge is 2.32. The number of carbonyl (C=O) groups is 2. The van der Waals surface area contributed by atoms with Crippen molar-refractivity contribution in [2.45, 2.75) is 64.6 Å². The van der Waals surface area contributed by atoms with E-state index in [1.54, 1.807) is 34.6 Å². The lowest BCUT2D eigenvalue weighted by molar-refractivity contribution is 0.0297. The van der Waals surface area contributed by atoms with Crippen LogP contribution in [0.15, 0.2) is 58.2 Å². The van der Waals surface area contributed by atoms with Gasteiger partial charge in [-0.05, 0) is 77.8 Å². The number of sulfonamides is 1. The first-order chi connectivity index (χ1) is 18.4. The lowest BCUT2D eigenvalue weighted by Gasteiger charge is -2.36. The van der Waals surface area contributed by atoms with Crippen LogP contribution in [0.25, 0.3) is 11.3 Å². The third kappa shape index (κ3) is 7.26. The maximum absolute atomic E-state index is 13.3. The van der Waals surface area contributed by atoms with Crippen molar-refractivity contribution in [3.63, 3.8) is 0 Å². The number of H-pyrrole nitrogens is 1. The number of hydrogen-bond acceptors (Lipinski definition) is 7. The van der Waals surface area contributed by atoms with Crippen LogP contribution in [0.1, 0.15) is 56.1 Å². The SMILES string of the molecule is Cc1cccc(C)c1-c1cc(=O)[nH]c(NS(=O)(=O)c2cccc(C(=O)N(C)C(C)(C)NC(=O)OC(C)(C)C)c2)n1. The lowest BCUT2D eigenvalue weighted by atomic mass is 10.00. The third-order valence-corrected chi connectivity index (χ3v) is 7.39. The molecule has 3 rings (SSSR count). The van der Waals surface area contributed by atoms with E-state index in [0.29, 0.717) is 5.69 Å². The standard InChI is InChI=1S/C28H35N5O6S/c1-17-11-9-12-18(2)23(17)21-16-22(34)30-25(29-21)32-40(37,38)20-14-10-13-19(15-20)24(35)33(8)28(6,7)31-26(36)39-27(3,4)5/h9-16H,1-8H3,(H,31,36)(H2,29,30,32,34). The lowest BCUT2D eigenvalue weighted by Crippen LogP contribution is -2.57. The summed E-state index contributed by atoms with van der Waals surface area (Å²) >= 11 is 0. The summed E-state index contributed by atoms with van der Waals surface area (Å²) in [5.74, 6) is -0.802. The summed E-state index contributed by atoms with van der Waals surface area (Å²) in [6.45, 7) is 12.1. The third-order valence-electron chi connectivity index (χ3n) is 6.05. The average Bonchev–Trinajstić information content (AvgIpc) is 2.81. The van der Waals surface area contributed by atoms with Crippen molar-refractivity contribution in [1.82, 2.24) is 20.2 Å². The number of ether oxygens (including phenoxy) is 1. The van der Waals surface area contributed by atoms with Crippen LogP contribution in [0.2, 0.25) is 0 Å². The number of nitrogens with zero attached hydrogens (tertiary/aromatic N) is 2. The molecule has 0 radical (unpaired) electrons. The molecule has 0 saturated heterocycles. The van der Waals surface area contributed by atoms with Crippen LogP contribution in [0.4, 0.5) is 10.7 Å². The number of anilines is 1. The molecule has 0 atom stereocenters. The highest BCUT2D eigenvalue weighted by Crippen LogP contribution is 2.26. The Morgan fingerprint density at radius 2 is 1.57 bits per heavy atom. The Kier molecular flexibility index (Phi) is 8.44. The molecule has 0 saturated carbocycles. The van der Waals surface area contributed by atoms with Gasteiger partial charge >= 0.3 is 6.09 Å². The van der Waals surface area contributed by atoms with E-state index in [1.807, 2.05) is 32.0 Å². The summed E-state index contributed by atoms with van der Waals surface area (Å²) < 4.78 is 34.1. The highest BCUT2D eigenvalue weighted by atomic mass is 32.2. The van der Waals surface area contributed by atoms with Gasteiger partial charge in [-0.3, -0.25) is 19.9 Å². The molecule has 12 heteroatoms. The van der Waals surface area contributed by atoms with Gasteiger partial charge in [0, 0.05) is 24.2 Å². The molecule has 40 heavy (non-hydrogen) atoms. The minimum absolute atomic E-state index is 0.0650. The molecule has 2 amide bonds. The van der Waals surface area contributed by atoms with E-state index in [2.05, 4.69) is 20.0 Å². The van der Waals surface area contributed by atoms with E-state index in [4.69, 9.17) is 4.74 Å². The van der Waals surface area contributed by atoms with Crippen molar-refractivity contribution in [2.24, 2.45) is 0 Å². The summed E-state index contributed by atoms with van der Waals surface area (Å²) in [6.07, 6.45) is -0.706. The molecule has 1 aromatic heterocycles. The van der Waals surface area contributed by atoms with Gasteiger partial charge in [0.05, 0.1) is 10.6 Å². The van der Waals surface area contributed by atoms with Crippen molar-refractivity contribution < 1.29 is 22.7 Å². The second-order valence-electron chi connectivity index (χ2n) is 10.9. The fourth-order valence-electron chi connectivity index (χ4n) is 3.92. The fourth-order valence-corrected chi connectivity index (χ4v) is 4.93. The quantitative estimate of drug-likeness (QED) is 0.361. The number of amides is 2. The van der Waals surface area contributed by atoms with Crippen LogP contribution in [-0.4, -0.2) is 53.6 Å². The molecular weight excluding hydrogens is 534 g/mol. The first kappa shape index (κ1) is 30.4. The number of nitrogens with one attached hydrogen (secondary N) is 3. The molecule has 3 aromatic rings. The van der Waals surface area contributed by atoms with Crippen LogP contribution in [0.5, 0.6) is 0 Å². The van der Waals surface area contributed by atoms with E-state index in [1.165, 1.54) is 42.3 Å². The van der Waals surface area contributed by atoms with Gasteiger partial charge in [-0.25, -0.2) is 22.9 Å². The van der Waals surface area contributed by atoms with Gasteiger partial charge in [-0.2, -0.15) is 0 Å². The number of aromatic nitrogens is 2. The van der Waals surface area contributed by atoms with E-state index >= 15 is 0 Å². The molecule has 3 N–H and O–H groups in total. The summed E-state index contributed by atoms with van der Waals surface area (Å²) in [6, 6.07) is 12.3. The molecule has 0 aliphatic rings. The van der Waals surface area contributed by atoms with Crippen LogP contribution in [-0.2, 0) is 14.8 Å². The fraction of sp³-hybridized carbons (Fsp3) is 0.357. The molecule has 0 aliphatic heterocycles. The monoisotopic (exact) mass is 569 g/mol. The van der Waals surface area contributed by atoms with Crippen molar-refractivity contribution in [3.05, 3.63) is 75.6 Å². The maximum atomic E-state index is 13.3. The number of carbonyl (C=O) groups excluding carboxylic acids is 2. The summed E-state index contributed by atoms with van der Waals surface area (Å²) in [4.78, 5) is 45.7. The molecule has 214 valence electrons. The highest BCUT2D eigenvalue weighted by molar-refractivity contribution is 7.92. The van der Waals surface area contributed by atoms with E-state index < -0.39 is 38.8 Å². The predicted molar refractivity (Wildman–Crippen MR) is 153 cm³/mol. The number of rotatable bonds is 7. The Labute approximate surface area is 234 Å². The molecule has 0 fully saturated rings. The van der Waals surface area contributed by atoms with E-state index in [-0.39, 0.29) is 16.4 Å². The molecular formula is C28H35N5O6S. The zero-order valence-corrected chi connectivity index (χ0v) is 24.7. The summed E-state index contributed by atoms with van der Waals surface area (Å²) in [5.41, 5.74) is 0.456. The largest absolute Gasteiger partial charge is 0.444 e. The van der Waals surface area contributed by atoms with E-state index in [0.717, 1.165) is 16.7 Å². The Hall–Kier alpha value is -4.19. The van der Waals surface area contributed by atoms with Crippen molar-refractivity contribution >= 4 is 28.0 Å². The Balaban J connectivity index is 1.87. The van der Waals surface area contributed by atoms with Crippen molar-refractivity contribution in [1.29, 1.82) is 0 Å². The number of benzene rings is 2. The molecule has 0 unspecified atom stereocenters. The second kappa shape index (κ2) is 11.1. The molecule has 11 nitrogen and oxygen atoms in total. The van der Waals surface area contributed by atoms with Gasteiger partial charge in [0.1, 0.15) is 11.3 Å². The van der Waals surface area contributed by atoms with Gasteiger partial charge in [-0.15, -0.1) is 0 Å². The Bertz CT molecular complexity index is 1590. The molecule has 0 spiro atoms. The molecule has 2 aromatic carbocycles. The van der Waals surface area contributed by atoms with Gasteiger partial charge < -0.3 is 9.64 Å². The van der Waals surface area contributed by atoms with Gasteiger partial charge in [0.2, 0.25) is 5.95 Å². The second-order valence-corrected chi connectivity index (χ2v) is 12.6. The van der Waals surface area contributed by atoms with Gasteiger partial charge in [0.15, 0.2) is 0 Å². The summed E-state index contributed by atoms with van der Waals surface area (Å²) in [7, 11) is -2.77. The molecule has 0 aliphatic carbocycles. The molecule has 1 heterocycles. The van der Waals surface area contributed by atoms with Crippen LogP contribution in [0.3, 0.4) is 0 Å². The Morgan fingerprint density at radius 1 is 0.975 bits per heavy atom. The van der Waals surface area contributed by atoms with Crippen LogP contribution >= 0.6 is 0 Å². The number of aromatic amines is 1. The van der Waals surface area contributed by atoms with E-state index in [9.17, 15) is 22.8 Å². The van der Waals surface area contributed by atoms with Crippen LogP contribution in [0, 0.1) is 13.8 Å². The predicted octanol–water partition coefficient (Wildman–Crippen LogP) is 4.19. The summed E-state index contributed by atoms with van der Waals surface area (Å²) in [5, 5.41) is 2.64. The number of hydrogen-bond donors (Lipinski definition) is 3. The first-order valence-electron chi connectivity index (χ1n) is 12.5. The first-order valence-corrected chi connectivity index (χ1v) is 14.0. The number of aryl methyl sites for hydroxylation is 2. The Morgan fingerprint density at radius 3 is 2.17 bits per heavy atom. The average molecular weight is 570 g/mol. The van der Waals surface area contributed by atoms with Gasteiger partial charge in [0.25, 0.3) is 21.5 Å². The minimum Gasteiger partial charge on any atom is -0.444 e.